The molecule has 1 aliphatic heterocycles. The van der Waals surface area contributed by atoms with Crippen LogP contribution in [0.15, 0.2) is 35.4 Å². The van der Waals surface area contributed by atoms with Crippen LogP contribution in [0, 0.1) is 34.5 Å². The predicted molar refractivity (Wildman–Crippen MR) is 147 cm³/mol. The van der Waals surface area contributed by atoms with Gasteiger partial charge in [-0.2, -0.15) is 0 Å². The molecule has 0 spiro atoms. The summed E-state index contributed by atoms with van der Waals surface area (Å²) in [6, 6.07) is 7.93. The highest BCUT2D eigenvalue weighted by Gasteiger charge is 2.70. The molecule has 1 aromatic rings. The lowest BCUT2D eigenvalue weighted by Crippen LogP contribution is -2.64. The number of aliphatic hydroxyl groups is 2. The van der Waals surface area contributed by atoms with Crippen molar-refractivity contribution in [2.24, 2.45) is 34.5 Å². The van der Waals surface area contributed by atoms with Crippen LogP contribution in [0.2, 0.25) is 0 Å². The first-order valence-electron chi connectivity index (χ1n) is 14.5. The van der Waals surface area contributed by atoms with E-state index in [2.05, 4.69) is 41.5 Å². The smallest absolute Gasteiger partial charge is 0.184 e. The third-order valence-corrected chi connectivity index (χ3v) is 11.2. The van der Waals surface area contributed by atoms with Crippen molar-refractivity contribution in [2.75, 3.05) is 13.7 Å². The minimum Gasteiger partial charge on any atom is -0.497 e. The maximum atomic E-state index is 11.9. The summed E-state index contributed by atoms with van der Waals surface area (Å²) in [5, 5.41) is 23.2. The van der Waals surface area contributed by atoms with Crippen molar-refractivity contribution in [3.63, 3.8) is 0 Å². The van der Waals surface area contributed by atoms with E-state index in [1.54, 1.807) is 7.11 Å². The summed E-state index contributed by atoms with van der Waals surface area (Å²) in [6.45, 7) is 17.8. The first-order chi connectivity index (χ1) is 17.8. The van der Waals surface area contributed by atoms with Crippen molar-refractivity contribution >= 4 is 0 Å². The molecule has 2 saturated carbocycles. The molecule has 1 heterocycles. The summed E-state index contributed by atoms with van der Waals surface area (Å²) in [5.74, 6) is 1.27. The van der Waals surface area contributed by atoms with Gasteiger partial charge in [-0.15, -0.1) is 0 Å². The van der Waals surface area contributed by atoms with Crippen LogP contribution in [0.4, 0.5) is 0 Å². The molecular formula is C32H48O6. The minimum atomic E-state index is -1.03. The fraction of sp³-hybridized carbons (Fsp3) is 0.750. The van der Waals surface area contributed by atoms with Gasteiger partial charge in [-0.25, -0.2) is 0 Å². The van der Waals surface area contributed by atoms with Crippen LogP contribution >= 0.6 is 0 Å². The van der Waals surface area contributed by atoms with Crippen molar-refractivity contribution in [3.8, 4) is 5.75 Å². The maximum absolute atomic E-state index is 11.9. The molecule has 4 aliphatic rings. The molecule has 212 valence electrons. The Morgan fingerprint density at radius 3 is 2.34 bits per heavy atom. The number of benzene rings is 1. The van der Waals surface area contributed by atoms with Gasteiger partial charge in [0.2, 0.25) is 0 Å². The number of methoxy groups -OCH3 is 1. The number of fused-ring (bicyclic) bond motifs is 1. The average molecular weight is 529 g/mol. The Balaban J connectivity index is 1.70. The van der Waals surface area contributed by atoms with Crippen LogP contribution in [0.1, 0.15) is 80.1 Å². The summed E-state index contributed by atoms with van der Waals surface area (Å²) < 4.78 is 25.7. The molecular weight excluding hydrogens is 480 g/mol. The quantitative estimate of drug-likeness (QED) is 0.480. The highest BCUT2D eigenvalue weighted by Crippen LogP contribution is 2.70. The van der Waals surface area contributed by atoms with Gasteiger partial charge in [0.1, 0.15) is 5.75 Å². The molecule has 1 saturated heterocycles. The van der Waals surface area contributed by atoms with Crippen LogP contribution in [-0.2, 0) is 14.2 Å². The van der Waals surface area contributed by atoms with Gasteiger partial charge in [0.15, 0.2) is 6.29 Å². The highest BCUT2D eigenvalue weighted by atomic mass is 16.7. The second-order valence-electron chi connectivity index (χ2n) is 13.2. The first-order valence-corrected chi connectivity index (χ1v) is 14.5. The molecule has 5 rings (SSSR count). The van der Waals surface area contributed by atoms with Crippen LogP contribution in [0.3, 0.4) is 0 Å². The Kier molecular flexibility index (Phi) is 7.09. The lowest BCUT2D eigenvalue weighted by molar-refractivity contribution is -0.345. The molecule has 0 radical (unpaired) electrons. The predicted octanol–water partition coefficient (Wildman–Crippen LogP) is 5.67. The van der Waals surface area contributed by atoms with Gasteiger partial charge in [0, 0.05) is 35.3 Å². The van der Waals surface area contributed by atoms with Crippen molar-refractivity contribution in [1.29, 1.82) is 0 Å². The van der Waals surface area contributed by atoms with Gasteiger partial charge in [0.25, 0.3) is 0 Å². The van der Waals surface area contributed by atoms with E-state index < -0.39 is 23.4 Å². The van der Waals surface area contributed by atoms with Gasteiger partial charge in [-0.05, 0) is 69.6 Å². The summed E-state index contributed by atoms with van der Waals surface area (Å²) in [4.78, 5) is 0. The largest absolute Gasteiger partial charge is 0.497 e. The first kappa shape index (κ1) is 28.1. The molecule has 3 aliphatic carbocycles. The van der Waals surface area contributed by atoms with E-state index in [0.717, 1.165) is 23.3 Å². The third kappa shape index (κ3) is 3.77. The van der Waals surface area contributed by atoms with E-state index in [9.17, 15) is 10.2 Å². The summed E-state index contributed by atoms with van der Waals surface area (Å²) in [5.41, 5.74) is 1.24. The van der Waals surface area contributed by atoms with Gasteiger partial charge in [-0.1, -0.05) is 45.4 Å². The topological polar surface area (TPSA) is 77.4 Å². The lowest BCUT2D eigenvalue weighted by Gasteiger charge is -2.61. The second-order valence-corrected chi connectivity index (χ2v) is 13.2. The molecule has 38 heavy (non-hydrogen) atoms. The second kappa shape index (κ2) is 9.59. The van der Waals surface area contributed by atoms with Crippen molar-refractivity contribution in [1.82, 2.24) is 0 Å². The standard InChI is InChI=1S/C32H48O6/c1-10-36-24-15-25-31(8)27(18(24)3)20(5)32(30(6,7)34)16-23(33)17(2)26(32)19(4)28(31)38-29(37-25)21-11-13-22(35-9)14-12-21/h11-14,18-20,23-25,27-29,33-34H,10,15-16H2,1-9H3/t18-,19-,20-,23-,24+,25-,27-,28-,29?,31+,32+/m0/s1. The van der Waals surface area contributed by atoms with E-state index in [0.29, 0.717) is 13.0 Å². The van der Waals surface area contributed by atoms with Crippen molar-refractivity contribution in [2.45, 2.75) is 105 Å². The van der Waals surface area contributed by atoms with Gasteiger partial charge < -0.3 is 29.2 Å². The minimum absolute atomic E-state index is 0.000910. The fourth-order valence-electron chi connectivity index (χ4n) is 9.62. The van der Waals surface area contributed by atoms with Crippen LogP contribution in [-0.4, -0.2) is 53.9 Å². The number of hydrogen-bond acceptors (Lipinski definition) is 6. The SMILES string of the molecule is CCO[C@@H]1C[C@@H]2OC(c3ccc(OC)cc3)O[C@H]3[C@@H](C)C4=C(C)[C@@H](O)C[C@@]4(C(C)(C)O)[C@@H](C)[C@H]([C@H]1C)[C@@]23C. The van der Waals surface area contributed by atoms with Gasteiger partial charge in [0.05, 0.1) is 37.1 Å². The molecule has 1 unspecified atom stereocenters. The normalized spacial score (nSPS) is 44.9. The zero-order valence-electron chi connectivity index (χ0n) is 24.7. The molecule has 6 heteroatoms. The average Bonchev–Trinajstić information content (AvgIpc) is 3.12. The molecule has 2 N–H and O–H groups in total. The summed E-state index contributed by atoms with van der Waals surface area (Å²) in [7, 11) is 1.67. The molecule has 0 bridgehead atoms. The monoisotopic (exact) mass is 528 g/mol. The summed E-state index contributed by atoms with van der Waals surface area (Å²) >= 11 is 0. The fourth-order valence-corrected chi connectivity index (χ4v) is 9.62. The number of ether oxygens (including phenoxy) is 4. The van der Waals surface area contributed by atoms with E-state index in [4.69, 9.17) is 18.9 Å². The van der Waals surface area contributed by atoms with Gasteiger partial charge >= 0.3 is 0 Å². The number of aliphatic hydroxyl groups excluding tert-OH is 1. The van der Waals surface area contributed by atoms with Crippen molar-refractivity contribution in [3.05, 3.63) is 41.0 Å². The van der Waals surface area contributed by atoms with Crippen LogP contribution in [0.5, 0.6) is 5.75 Å². The van der Waals surface area contributed by atoms with E-state index in [-0.39, 0.29) is 47.4 Å². The highest BCUT2D eigenvalue weighted by molar-refractivity contribution is 5.40. The summed E-state index contributed by atoms with van der Waals surface area (Å²) in [6.07, 6.45) is 0.0874. The van der Waals surface area contributed by atoms with Crippen molar-refractivity contribution < 1.29 is 29.2 Å². The Bertz CT molecular complexity index is 1060. The Hall–Kier alpha value is -1.44. The Morgan fingerprint density at radius 2 is 1.76 bits per heavy atom. The number of rotatable bonds is 5. The van der Waals surface area contributed by atoms with E-state index >= 15 is 0 Å². The maximum Gasteiger partial charge on any atom is 0.184 e. The van der Waals surface area contributed by atoms with Crippen LogP contribution in [0.25, 0.3) is 0 Å². The zero-order valence-corrected chi connectivity index (χ0v) is 24.7. The molecule has 11 atom stereocenters. The lowest BCUT2D eigenvalue weighted by atomic mass is 9.49. The van der Waals surface area contributed by atoms with E-state index in [1.165, 1.54) is 5.57 Å². The Labute approximate surface area is 228 Å². The van der Waals surface area contributed by atoms with Gasteiger partial charge in [-0.3, -0.25) is 0 Å². The molecule has 0 aromatic heterocycles. The van der Waals surface area contributed by atoms with Crippen LogP contribution < -0.4 is 4.74 Å². The third-order valence-electron chi connectivity index (χ3n) is 11.2. The van der Waals surface area contributed by atoms with E-state index in [1.807, 2.05) is 38.1 Å². The molecule has 1 aromatic carbocycles. The molecule has 3 fully saturated rings. The Morgan fingerprint density at radius 1 is 1.11 bits per heavy atom. The molecule has 6 nitrogen and oxygen atoms in total. The molecule has 0 amide bonds. The zero-order chi connectivity index (χ0) is 27.8. The number of hydrogen-bond donors (Lipinski definition) is 2.